The molecule has 3 aromatic rings. The first-order chi connectivity index (χ1) is 15.6. The van der Waals surface area contributed by atoms with Gasteiger partial charge in [0.05, 0.1) is 11.1 Å². The van der Waals surface area contributed by atoms with Crippen LogP contribution in [0.1, 0.15) is 33.7 Å². The van der Waals surface area contributed by atoms with Crippen molar-refractivity contribution >= 4 is 5.97 Å². The number of rotatable bonds is 3. The van der Waals surface area contributed by atoms with Gasteiger partial charge in [0.1, 0.15) is 23.4 Å². The molecular weight excluding hydrogens is 440 g/mol. The van der Waals surface area contributed by atoms with Gasteiger partial charge in [-0.3, -0.25) is 0 Å². The first kappa shape index (κ1) is 21.7. The molecule has 0 aromatic heterocycles. The number of aliphatic hydroxyl groups excluding tert-OH is 1. The minimum atomic E-state index is -1.65. The number of aliphatic hydroxyl groups is 1. The third-order valence-electron chi connectivity index (χ3n) is 5.13. The van der Waals surface area contributed by atoms with Gasteiger partial charge in [0.15, 0.2) is 41.0 Å². The molecule has 8 N–H and O–H groups in total. The molecule has 0 saturated heterocycles. The van der Waals surface area contributed by atoms with E-state index in [4.69, 9.17) is 9.47 Å². The fourth-order valence-corrected chi connectivity index (χ4v) is 3.53. The number of esters is 1. The average Bonchev–Trinajstić information content (AvgIpc) is 2.75. The highest BCUT2D eigenvalue weighted by molar-refractivity contribution is 5.91. The summed E-state index contributed by atoms with van der Waals surface area (Å²) >= 11 is 0. The smallest absolute Gasteiger partial charge is 0.339 e. The van der Waals surface area contributed by atoms with E-state index in [0.717, 1.165) is 36.4 Å². The molecule has 0 bridgehead atoms. The normalized spacial score (nSPS) is 19.4. The maximum Gasteiger partial charge on any atom is 0.339 e. The Kier molecular flexibility index (Phi) is 5.18. The van der Waals surface area contributed by atoms with Crippen LogP contribution in [0.3, 0.4) is 0 Å². The lowest BCUT2D eigenvalue weighted by Crippen LogP contribution is -2.36. The summed E-state index contributed by atoms with van der Waals surface area (Å²) in [6.45, 7) is 0. The Morgan fingerprint density at radius 3 is 2.09 bits per heavy atom. The zero-order valence-corrected chi connectivity index (χ0v) is 16.6. The molecule has 11 heteroatoms. The van der Waals surface area contributed by atoms with E-state index in [9.17, 15) is 45.6 Å². The number of fused-ring (bicyclic) bond motifs is 1. The van der Waals surface area contributed by atoms with Crippen molar-refractivity contribution in [1.82, 2.24) is 0 Å². The molecule has 4 rings (SSSR count). The highest BCUT2D eigenvalue weighted by Crippen LogP contribution is 2.49. The van der Waals surface area contributed by atoms with Crippen LogP contribution in [-0.4, -0.2) is 52.9 Å². The van der Waals surface area contributed by atoms with Gasteiger partial charge in [-0.25, -0.2) is 4.79 Å². The Balaban J connectivity index is 1.76. The topological polar surface area (TPSA) is 197 Å². The standard InChI is InChI=1S/C22H18O11/c23-10-6-13(26)17-16(7-10)32-20(8-1-2-11(24)12(25)3-8)19(30)21(17)33-22(31)9-4-14(27)18(29)15(28)5-9/h1-7,19-21,23-30H. The molecule has 1 aliphatic heterocycles. The van der Waals surface area contributed by atoms with Crippen molar-refractivity contribution in [3.05, 3.63) is 59.2 Å². The predicted molar refractivity (Wildman–Crippen MR) is 109 cm³/mol. The number of phenols is 7. The summed E-state index contributed by atoms with van der Waals surface area (Å²) in [4.78, 5) is 12.7. The van der Waals surface area contributed by atoms with E-state index < -0.39 is 58.8 Å². The van der Waals surface area contributed by atoms with Gasteiger partial charge < -0.3 is 50.3 Å². The molecule has 0 fully saturated rings. The van der Waals surface area contributed by atoms with E-state index in [-0.39, 0.29) is 28.2 Å². The van der Waals surface area contributed by atoms with E-state index in [1.165, 1.54) is 6.07 Å². The van der Waals surface area contributed by atoms with Crippen LogP contribution in [0.25, 0.3) is 0 Å². The fraction of sp³-hybridized carbons (Fsp3) is 0.136. The summed E-state index contributed by atoms with van der Waals surface area (Å²) in [6, 6.07) is 7.33. The Morgan fingerprint density at radius 1 is 0.788 bits per heavy atom. The summed E-state index contributed by atoms with van der Waals surface area (Å²) in [6.07, 6.45) is -4.49. The van der Waals surface area contributed by atoms with Crippen LogP contribution in [0.15, 0.2) is 42.5 Å². The van der Waals surface area contributed by atoms with Gasteiger partial charge in [-0.1, -0.05) is 6.07 Å². The van der Waals surface area contributed by atoms with Crippen molar-refractivity contribution in [2.75, 3.05) is 0 Å². The van der Waals surface area contributed by atoms with Gasteiger partial charge in [-0.2, -0.15) is 0 Å². The minimum absolute atomic E-state index is 0.135. The maximum absolute atomic E-state index is 12.7. The highest BCUT2D eigenvalue weighted by atomic mass is 16.6. The molecule has 11 nitrogen and oxygen atoms in total. The van der Waals surface area contributed by atoms with Gasteiger partial charge >= 0.3 is 5.97 Å². The van der Waals surface area contributed by atoms with Gasteiger partial charge in [0, 0.05) is 12.1 Å². The first-order valence-corrected chi connectivity index (χ1v) is 9.45. The van der Waals surface area contributed by atoms with Crippen molar-refractivity contribution in [3.63, 3.8) is 0 Å². The van der Waals surface area contributed by atoms with Crippen LogP contribution in [-0.2, 0) is 4.74 Å². The molecule has 3 unspecified atom stereocenters. The molecule has 0 radical (unpaired) electrons. The van der Waals surface area contributed by atoms with Gasteiger partial charge in [0.25, 0.3) is 0 Å². The number of carbonyl (C=O) groups is 1. The van der Waals surface area contributed by atoms with Gasteiger partial charge in [0.2, 0.25) is 0 Å². The van der Waals surface area contributed by atoms with Crippen LogP contribution < -0.4 is 4.74 Å². The van der Waals surface area contributed by atoms with E-state index in [1.54, 1.807) is 0 Å². The molecule has 1 aliphatic rings. The zero-order chi connectivity index (χ0) is 24.0. The Bertz CT molecular complexity index is 1230. The number of ether oxygens (including phenoxy) is 2. The van der Waals surface area contributed by atoms with Crippen molar-refractivity contribution in [1.29, 1.82) is 0 Å². The summed E-state index contributed by atoms with van der Waals surface area (Å²) in [5, 5.41) is 79.3. The number of aromatic hydroxyl groups is 7. The Hall–Kier alpha value is -4.51. The largest absolute Gasteiger partial charge is 0.508 e. The number of benzene rings is 3. The molecule has 1 heterocycles. The molecule has 0 amide bonds. The molecule has 3 atom stereocenters. The molecule has 3 aromatic carbocycles. The molecule has 0 aliphatic carbocycles. The summed E-state index contributed by atoms with van der Waals surface area (Å²) in [5.74, 6) is -5.56. The fourth-order valence-electron chi connectivity index (χ4n) is 3.53. The summed E-state index contributed by atoms with van der Waals surface area (Å²) in [5.41, 5.74) is -0.368. The third kappa shape index (κ3) is 3.81. The van der Waals surface area contributed by atoms with Crippen LogP contribution in [0, 0.1) is 0 Å². The SMILES string of the molecule is O=C(OC1c2c(O)cc(O)cc2OC(c2ccc(O)c(O)c2)C1O)c1cc(O)c(O)c(O)c1. The van der Waals surface area contributed by atoms with Gasteiger partial charge in [-0.15, -0.1) is 0 Å². The third-order valence-corrected chi connectivity index (χ3v) is 5.13. The Morgan fingerprint density at radius 2 is 1.45 bits per heavy atom. The lowest BCUT2D eigenvalue weighted by molar-refractivity contribution is -0.0814. The van der Waals surface area contributed by atoms with Crippen molar-refractivity contribution in [2.24, 2.45) is 0 Å². The average molecular weight is 458 g/mol. The Labute approximate surface area is 185 Å². The maximum atomic E-state index is 12.7. The molecule has 33 heavy (non-hydrogen) atoms. The summed E-state index contributed by atoms with van der Waals surface area (Å²) < 4.78 is 11.1. The van der Waals surface area contributed by atoms with Crippen LogP contribution in [0.4, 0.5) is 0 Å². The lowest BCUT2D eigenvalue weighted by atomic mass is 9.91. The molecule has 172 valence electrons. The zero-order valence-electron chi connectivity index (χ0n) is 16.6. The quantitative estimate of drug-likeness (QED) is 0.211. The van der Waals surface area contributed by atoms with E-state index in [2.05, 4.69) is 0 Å². The summed E-state index contributed by atoms with van der Waals surface area (Å²) in [7, 11) is 0. The molecular formula is C22H18O11. The van der Waals surface area contributed by atoms with Crippen LogP contribution in [0.2, 0.25) is 0 Å². The van der Waals surface area contributed by atoms with Crippen molar-refractivity contribution in [2.45, 2.75) is 18.3 Å². The number of phenolic OH excluding ortho intramolecular Hbond substituents is 7. The first-order valence-electron chi connectivity index (χ1n) is 9.45. The van der Waals surface area contributed by atoms with E-state index in [1.807, 2.05) is 0 Å². The van der Waals surface area contributed by atoms with Crippen molar-refractivity contribution in [3.8, 4) is 46.0 Å². The van der Waals surface area contributed by atoms with Gasteiger partial charge in [-0.05, 0) is 29.8 Å². The predicted octanol–water partition coefficient (Wildman–Crippen LogP) is 2.02. The van der Waals surface area contributed by atoms with E-state index >= 15 is 0 Å². The second-order valence-electron chi connectivity index (χ2n) is 7.34. The number of hydrogen-bond donors (Lipinski definition) is 8. The number of hydrogen-bond acceptors (Lipinski definition) is 11. The molecule has 0 spiro atoms. The van der Waals surface area contributed by atoms with Crippen molar-refractivity contribution < 1.29 is 55.1 Å². The number of carbonyl (C=O) groups excluding carboxylic acids is 1. The van der Waals surface area contributed by atoms with Crippen LogP contribution in [0.5, 0.6) is 46.0 Å². The lowest BCUT2D eigenvalue weighted by Gasteiger charge is -2.36. The molecule has 0 saturated carbocycles. The second-order valence-corrected chi connectivity index (χ2v) is 7.34. The highest BCUT2D eigenvalue weighted by Gasteiger charge is 2.43. The minimum Gasteiger partial charge on any atom is -0.508 e. The van der Waals surface area contributed by atoms with Crippen LogP contribution >= 0.6 is 0 Å². The monoisotopic (exact) mass is 458 g/mol. The van der Waals surface area contributed by atoms with E-state index in [0.29, 0.717) is 0 Å². The second kappa shape index (κ2) is 7.88.